The molecule has 3 heteroatoms. The van der Waals surface area contributed by atoms with E-state index in [4.69, 9.17) is 0 Å². The third kappa shape index (κ3) is 6.71. The van der Waals surface area contributed by atoms with E-state index in [1.165, 1.54) is 5.56 Å². The molecule has 0 fully saturated rings. The fraction of sp³-hybridized carbons (Fsp3) is 0.286. The summed E-state index contributed by atoms with van der Waals surface area (Å²) in [4.78, 5) is 0. The first-order valence-electron chi connectivity index (χ1n) is 11.1. The summed E-state index contributed by atoms with van der Waals surface area (Å²) in [5.41, 5.74) is 6.32. The lowest BCUT2D eigenvalue weighted by atomic mass is 9.93. The molecule has 0 amide bonds. The number of hydrogen-bond donors (Lipinski definition) is 0. The molecule has 0 bridgehead atoms. The molecule has 0 aliphatic heterocycles. The average Bonchev–Trinajstić information content (AvgIpc) is 2.78. The Kier molecular flexibility index (Phi) is 8.28. The molecule has 2 unspecified atom stereocenters. The van der Waals surface area contributed by atoms with Gasteiger partial charge in [0.25, 0.3) is 0 Å². The molecule has 2 nitrogen and oxygen atoms in total. The van der Waals surface area contributed by atoms with Gasteiger partial charge in [0, 0.05) is 11.1 Å². The van der Waals surface area contributed by atoms with Crippen molar-refractivity contribution in [3.8, 4) is 0 Å². The first-order valence-corrected chi connectivity index (χ1v) is 11.1. The second kappa shape index (κ2) is 11.4. The molecule has 0 N–H and O–H groups in total. The highest BCUT2D eigenvalue weighted by Crippen LogP contribution is 2.23. The van der Waals surface area contributed by atoms with Crippen LogP contribution in [0.2, 0.25) is 0 Å². The summed E-state index contributed by atoms with van der Waals surface area (Å²) in [5.74, 6) is 0.180. The molecule has 0 heterocycles. The number of halogens is 1. The van der Waals surface area contributed by atoms with Crippen molar-refractivity contribution in [1.82, 2.24) is 0 Å². The lowest BCUT2D eigenvalue weighted by Crippen LogP contribution is -2.05. The Hall–Kier alpha value is -3.07. The van der Waals surface area contributed by atoms with Crippen molar-refractivity contribution in [2.75, 3.05) is 0 Å². The molecule has 0 saturated carbocycles. The molecule has 0 aliphatic carbocycles. The molecule has 2 atom stereocenters. The van der Waals surface area contributed by atoms with E-state index in [9.17, 15) is 4.39 Å². The van der Waals surface area contributed by atoms with Crippen LogP contribution < -0.4 is 0 Å². The van der Waals surface area contributed by atoms with E-state index in [1.807, 2.05) is 30.3 Å². The van der Waals surface area contributed by atoms with E-state index in [-0.39, 0.29) is 5.92 Å². The zero-order chi connectivity index (χ0) is 22.1. The van der Waals surface area contributed by atoms with E-state index in [0.717, 1.165) is 40.8 Å². The van der Waals surface area contributed by atoms with E-state index in [2.05, 4.69) is 72.6 Å². The molecule has 3 aromatic rings. The monoisotopic (exact) mass is 414 g/mol. The lowest BCUT2D eigenvalue weighted by molar-refractivity contribution is 0.324. The summed E-state index contributed by atoms with van der Waals surface area (Å²) < 4.78 is 13.4. The first-order chi connectivity index (χ1) is 15.1. The number of benzene rings is 3. The van der Waals surface area contributed by atoms with Gasteiger partial charge in [-0.25, -0.2) is 4.39 Å². The highest BCUT2D eigenvalue weighted by molar-refractivity contribution is 6.13. The number of aryl methyl sites for hydroxylation is 1. The number of nitrogens with zero attached hydrogens (tertiary/aromatic N) is 2. The second-order valence-corrected chi connectivity index (χ2v) is 8.09. The largest absolute Gasteiger partial charge is 0.248 e. The molecule has 0 aliphatic rings. The van der Waals surface area contributed by atoms with Gasteiger partial charge in [0.1, 0.15) is 5.71 Å². The summed E-state index contributed by atoms with van der Waals surface area (Å²) >= 11 is 0. The molecule has 0 aromatic heterocycles. The molecule has 0 saturated heterocycles. The van der Waals surface area contributed by atoms with Gasteiger partial charge in [-0.1, -0.05) is 99.1 Å². The van der Waals surface area contributed by atoms with Crippen molar-refractivity contribution in [2.24, 2.45) is 10.2 Å². The van der Waals surface area contributed by atoms with Crippen LogP contribution in [-0.2, 0) is 6.42 Å². The number of rotatable bonds is 9. The maximum Gasteiger partial charge on any atom is 0.100 e. The molecular weight excluding hydrogens is 383 g/mol. The lowest BCUT2D eigenvalue weighted by Gasteiger charge is -2.13. The third-order valence-electron chi connectivity index (χ3n) is 5.36. The topological polar surface area (TPSA) is 24.7 Å². The molecule has 3 aromatic carbocycles. The fourth-order valence-electron chi connectivity index (χ4n) is 3.68. The standard InChI is InChI=1S/C28H31FN2/c1-4-8-23-11-13-24(14-12-23)20-30-31-28(26-9-6-5-7-10-26)27-17-15-25(16-18-27)21(2)19-22(3)29/h5-7,9-18,20-22H,4,8,19H2,1-3H3. The summed E-state index contributed by atoms with van der Waals surface area (Å²) in [7, 11) is 0. The minimum absolute atomic E-state index is 0.180. The van der Waals surface area contributed by atoms with Gasteiger partial charge in [0.2, 0.25) is 0 Å². The third-order valence-corrected chi connectivity index (χ3v) is 5.36. The molecule has 0 spiro atoms. The smallest absolute Gasteiger partial charge is 0.100 e. The molecule has 3 rings (SSSR count). The van der Waals surface area contributed by atoms with Gasteiger partial charge in [0.05, 0.1) is 12.4 Å². The van der Waals surface area contributed by atoms with Crippen LogP contribution >= 0.6 is 0 Å². The zero-order valence-electron chi connectivity index (χ0n) is 18.6. The Bertz CT molecular complexity index is 987. The second-order valence-electron chi connectivity index (χ2n) is 8.09. The number of alkyl halides is 1. The van der Waals surface area contributed by atoms with Crippen LogP contribution in [0.15, 0.2) is 89.1 Å². The highest BCUT2D eigenvalue weighted by Gasteiger charge is 2.12. The maximum absolute atomic E-state index is 13.4. The predicted molar refractivity (Wildman–Crippen MR) is 130 cm³/mol. The van der Waals surface area contributed by atoms with E-state index in [0.29, 0.717) is 6.42 Å². The Balaban J connectivity index is 1.85. The minimum Gasteiger partial charge on any atom is -0.248 e. The fourth-order valence-corrected chi connectivity index (χ4v) is 3.68. The van der Waals surface area contributed by atoms with Crippen LogP contribution in [-0.4, -0.2) is 18.1 Å². The highest BCUT2D eigenvalue weighted by atomic mass is 19.1. The Labute approximate surface area is 185 Å². The van der Waals surface area contributed by atoms with Gasteiger partial charge < -0.3 is 0 Å². The van der Waals surface area contributed by atoms with Gasteiger partial charge in [-0.05, 0) is 42.4 Å². The summed E-state index contributed by atoms with van der Waals surface area (Å²) in [5, 5.41) is 8.95. The predicted octanol–water partition coefficient (Wildman–Crippen LogP) is 7.36. The van der Waals surface area contributed by atoms with Gasteiger partial charge in [-0.2, -0.15) is 5.10 Å². The van der Waals surface area contributed by atoms with E-state index in [1.54, 1.807) is 13.1 Å². The first kappa shape index (κ1) is 22.6. The zero-order valence-corrected chi connectivity index (χ0v) is 18.6. The maximum atomic E-state index is 13.4. The van der Waals surface area contributed by atoms with Crippen LogP contribution in [0.3, 0.4) is 0 Å². The Morgan fingerprint density at radius 2 is 1.52 bits per heavy atom. The normalized spacial score (nSPS) is 14.0. The Morgan fingerprint density at radius 1 is 0.871 bits per heavy atom. The van der Waals surface area contributed by atoms with Crippen LogP contribution in [0.5, 0.6) is 0 Å². The van der Waals surface area contributed by atoms with Crippen molar-refractivity contribution in [1.29, 1.82) is 0 Å². The van der Waals surface area contributed by atoms with Crippen LogP contribution in [0.1, 0.15) is 67.3 Å². The van der Waals surface area contributed by atoms with Crippen molar-refractivity contribution in [3.63, 3.8) is 0 Å². The molecule has 31 heavy (non-hydrogen) atoms. The van der Waals surface area contributed by atoms with Gasteiger partial charge in [-0.3, -0.25) is 0 Å². The van der Waals surface area contributed by atoms with Crippen LogP contribution in [0.4, 0.5) is 4.39 Å². The van der Waals surface area contributed by atoms with Crippen molar-refractivity contribution < 1.29 is 4.39 Å². The van der Waals surface area contributed by atoms with E-state index < -0.39 is 6.17 Å². The Morgan fingerprint density at radius 3 is 2.13 bits per heavy atom. The minimum atomic E-state index is -0.804. The average molecular weight is 415 g/mol. The van der Waals surface area contributed by atoms with Gasteiger partial charge in [-0.15, -0.1) is 5.10 Å². The van der Waals surface area contributed by atoms with E-state index >= 15 is 0 Å². The summed E-state index contributed by atoms with van der Waals surface area (Å²) in [6, 6.07) is 26.7. The van der Waals surface area contributed by atoms with Crippen molar-refractivity contribution in [2.45, 2.75) is 52.1 Å². The van der Waals surface area contributed by atoms with Crippen LogP contribution in [0.25, 0.3) is 0 Å². The van der Waals surface area contributed by atoms with Crippen molar-refractivity contribution >= 4 is 11.9 Å². The SMILES string of the molecule is CCCc1ccc(C=NN=C(c2ccccc2)c2ccc(C(C)CC(C)F)cc2)cc1. The molecule has 160 valence electrons. The van der Waals surface area contributed by atoms with Crippen LogP contribution in [0, 0.1) is 0 Å². The van der Waals surface area contributed by atoms with Crippen molar-refractivity contribution in [3.05, 3.63) is 107 Å². The summed E-state index contributed by atoms with van der Waals surface area (Å²) in [6.07, 6.45) is 3.74. The molecule has 0 radical (unpaired) electrons. The molecular formula is C28H31FN2. The summed E-state index contributed by atoms with van der Waals surface area (Å²) in [6.45, 7) is 5.86. The number of hydrogen-bond acceptors (Lipinski definition) is 2. The quantitative estimate of drug-likeness (QED) is 0.258. The van der Waals surface area contributed by atoms with Gasteiger partial charge >= 0.3 is 0 Å². The van der Waals surface area contributed by atoms with Gasteiger partial charge in [0.15, 0.2) is 0 Å².